The second kappa shape index (κ2) is 5.32. The van der Waals surface area contributed by atoms with Crippen molar-refractivity contribution in [3.05, 3.63) is 29.3 Å². The number of aldehydes is 1. The zero-order chi connectivity index (χ0) is 12.3. The first-order valence-corrected chi connectivity index (χ1v) is 6.00. The average molecular weight is 234 g/mol. The number of hydrogen-bond acceptors (Lipinski definition) is 3. The van der Waals surface area contributed by atoms with E-state index >= 15 is 0 Å². The quantitative estimate of drug-likeness (QED) is 0.754. The molecule has 2 unspecified atom stereocenters. The first-order chi connectivity index (χ1) is 8.26. The monoisotopic (exact) mass is 234 g/mol. The van der Waals surface area contributed by atoms with Crippen LogP contribution in [-0.4, -0.2) is 26.1 Å². The standard InChI is InChI=1S/C14H18O3/c1-10-8-11(6-7-17-10)13-5-3-4-12(9-15)14(13)16-2/h3-5,9-11H,6-8H2,1-2H3. The van der Waals surface area contributed by atoms with Crippen LogP contribution in [0.4, 0.5) is 0 Å². The van der Waals surface area contributed by atoms with Crippen molar-refractivity contribution in [3.8, 4) is 5.75 Å². The molecule has 1 aromatic carbocycles. The van der Waals surface area contributed by atoms with Gasteiger partial charge in [0.15, 0.2) is 6.29 Å². The van der Waals surface area contributed by atoms with Gasteiger partial charge in [-0.15, -0.1) is 0 Å². The van der Waals surface area contributed by atoms with Crippen LogP contribution < -0.4 is 4.74 Å². The van der Waals surface area contributed by atoms with Crippen LogP contribution in [0.15, 0.2) is 18.2 Å². The Hall–Kier alpha value is -1.35. The van der Waals surface area contributed by atoms with E-state index in [1.54, 1.807) is 13.2 Å². The predicted octanol–water partition coefficient (Wildman–Crippen LogP) is 2.79. The van der Waals surface area contributed by atoms with Crippen molar-refractivity contribution >= 4 is 6.29 Å². The molecular formula is C14H18O3. The Morgan fingerprint density at radius 2 is 2.29 bits per heavy atom. The third-order valence-corrected chi connectivity index (χ3v) is 3.33. The summed E-state index contributed by atoms with van der Waals surface area (Å²) in [5.74, 6) is 1.15. The summed E-state index contributed by atoms with van der Waals surface area (Å²) in [4.78, 5) is 11.0. The first-order valence-electron chi connectivity index (χ1n) is 6.00. The fourth-order valence-electron chi connectivity index (χ4n) is 2.50. The van der Waals surface area contributed by atoms with Gasteiger partial charge < -0.3 is 9.47 Å². The molecular weight excluding hydrogens is 216 g/mol. The minimum Gasteiger partial charge on any atom is -0.496 e. The topological polar surface area (TPSA) is 35.5 Å². The van der Waals surface area contributed by atoms with E-state index in [-0.39, 0.29) is 6.10 Å². The Balaban J connectivity index is 2.33. The lowest BCUT2D eigenvalue weighted by atomic mass is 9.87. The van der Waals surface area contributed by atoms with E-state index in [4.69, 9.17) is 9.47 Å². The van der Waals surface area contributed by atoms with Gasteiger partial charge in [-0.3, -0.25) is 4.79 Å². The van der Waals surface area contributed by atoms with Crippen LogP contribution in [0, 0.1) is 0 Å². The van der Waals surface area contributed by atoms with Crippen LogP contribution in [0.25, 0.3) is 0 Å². The summed E-state index contributed by atoms with van der Waals surface area (Å²) < 4.78 is 10.9. The Labute approximate surface area is 102 Å². The Bertz CT molecular complexity index is 400. The SMILES string of the molecule is COc1c(C=O)cccc1C1CCOC(C)C1. The van der Waals surface area contributed by atoms with Gasteiger partial charge in [-0.25, -0.2) is 0 Å². The minimum absolute atomic E-state index is 0.276. The molecule has 3 nitrogen and oxygen atoms in total. The number of rotatable bonds is 3. The van der Waals surface area contributed by atoms with Gasteiger partial charge in [0.2, 0.25) is 0 Å². The van der Waals surface area contributed by atoms with E-state index in [0.717, 1.165) is 37.0 Å². The van der Waals surface area contributed by atoms with Crippen molar-refractivity contribution < 1.29 is 14.3 Å². The van der Waals surface area contributed by atoms with Crippen molar-refractivity contribution in [2.24, 2.45) is 0 Å². The van der Waals surface area contributed by atoms with Crippen LogP contribution in [0.3, 0.4) is 0 Å². The molecule has 0 N–H and O–H groups in total. The van der Waals surface area contributed by atoms with Gasteiger partial charge in [0, 0.05) is 6.61 Å². The molecule has 92 valence electrons. The number of benzene rings is 1. The maximum Gasteiger partial charge on any atom is 0.153 e. The summed E-state index contributed by atoms with van der Waals surface area (Å²) in [6.07, 6.45) is 3.10. The molecule has 0 saturated carbocycles. The lowest BCUT2D eigenvalue weighted by Crippen LogP contribution is -2.22. The van der Waals surface area contributed by atoms with Gasteiger partial charge in [0.25, 0.3) is 0 Å². The van der Waals surface area contributed by atoms with Crippen LogP contribution in [0.1, 0.15) is 41.6 Å². The minimum atomic E-state index is 0.276. The lowest BCUT2D eigenvalue weighted by molar-refractivity contribution is 0.0183. The summed E-state index contributed by atoms with van der Waals surface area (Å²) in [5, 5.41) is 0. The van der Waals surface area contributed by atoms with Crippen molar-refractivity contribution in [1.29, 1.82) is 0 Å². The third kappa shape index (κ3) is 2.50. The summed E-state index contributed by atoms with van der Waals surface area (Å²) >= 11 is 0. The highest BCUT2D eigenvalue weighted by atomic mass is 16.5. The largest absolute Gasteiger partial charge is 0.496 e. The molecule has 2 atom stereocenters. The molecule has 0 radical (unpaired) electrons. The molecule has 0 bridgehead atoms. The Kier molecular flexibility index (Phi) is 3.79. The molecule has 1 heterocycles. The molecule has 0 amide bonds. The molecule has 1 aromatic rings. The summed E-state index contributed by atoms with van der Waals surface area (Å²) in [7, 11) is 1.62. The molecule has 1 aliphatic rings. The number of hydrogen-bond donors (Lipinski definition) is 0. The van der Waals surface area contributed by atoms with E-state index < -0.39 is 0 Å². The van der Waals surface area contributed by atoms with Gasteiger partial charge in [-0.1, -0.05) is 12.1 Å². The number of methoxy groups -OCH3 is 1. The zero-order valence-corrected chi connectivity index (χ0v) is 10.3. The fraction of sp³-hybridized carbons (Fsp3) is 0.500. The molecule has 17 heavy (non-hydrogen) atoms. The fourth-order valence-corrected chi connectivity index (χ4v) is 2.50. The molecule has 3 heteroatoms. The van der Waals surface area contributed by atoms with Gasteiger partial charge >= 0.3 is 0 Å². The molecule has 0 aliphatic carbocycles. The van der Waals surface area contributed by atoms with E-state index in [1.807, 2.05) is 6.07 Å². The van der Waals surface area contributed by atoms with Gasteiger partial charge in [0.05, 0.1) is 18.8 Å². The van der Waals surface area contributed by atoms with Crippen molar-refractivity contribution in [1.82, 2.24) is 0 Å². The highest BCUT2D eigenvalue weighted by molar-refractivity contribution is 5.80. The normalized spacial score (nSPS) is 24.4. The summed E-state index contributed by atoms with van der Waals surface area (Å²) in [6.45, 7) is 2.86. The second-order valence-corrected chi connectivity index (χ2v) is 4.49. The first kappa shape index (κ1) is 12.1. The zero-order valence-electron chi connectivity index (χ0n) is 10.3. The summed E-state index contributed by atoms with van der Waals surface area (Å²) in [6, 6.07) is 5.76. The Morgan fingerprint density at radius 3 is 2.94 bits per heavy atom. The number of ether oxygens (including phenoxy) is 2. The molecule has 0 aromatic heterocycles. The summed E-state index contributed by atoms with van der Waals surface area (Å²) in [5.41, 5.74) is 1.76. The van der Waals surface area contributed by atoms with Crippen molar-refractivity contribution in [2.75, 3.05) is 13.7 Å². The highest BCUT2D eigenvalue weighted by Gasteiger charge is 2.24. The smallest absolute Gasteiger partial charge is 0.153 e. The van der Waals surface area contributed by atoms with E-state index in [1.165, 1.54) is 0 Å². The average Bonchev–Trinajstić information content (AvgIpc) is 2.37. The van der Waals surface area contributed by atoms with Crippen molar-refractivity contribution in [2.45, 2.75) is 31.8 Å². The molecule has 2 rings (SSSR count). The number of carbonyl (C=O) groups excluding carboxylic acids is 1. The van der Waals surface area contributed by atoms with Gasteiger partial charge in [-0.2, -0.15) is 0 Å². The molecule has 1 fully saturated rings. The van der Waals surface area contributed by atoms with E-state index in [2.05, 4.69) is 13.0 Å². The van der Waals surface area contributed by atoms with Gasteiger partial charge in [-0.05, 0) is 37.3 Å². The van der Waals surface area contributed by atoms with E-state index in [0.29, 0.717) is 11.5 Å². The Morgan fingerprint density at radius 1 is 1.47 bits per heavy atom. The van der Waals surface area contributed by atoms with Gasteiger partial charge in [0.1, 0.15) is 5.75 Å². The van der Waals surface area contributed by atoms with Crippen molar-refractivity contribution in [3.63, 3.8) is 0 Å². The van der Waals surface area contributed by atoms with Crippen LogP contribution in [0.2, 0.25) is 0 Å². The van der Waals surface area contributed by atoms with Crippen LogP contribution in [-0.2, 0) is 4.74 Å². The van der Waals surface area contributed by atoms with E-state index in [9.17, 15) is 4.79 Å². The highest BCUT2D eigenvalue weighted by Crippen LogP contribution is 2.36. The third-order valence-electron chi connectivity index (χ3n) is 3.33. The number of carbonyl (C=O) groups is 1. The predicted molar refractivity (Wildman–Crippen MR) is 65.8 cm³/mol. The maximum atomic E-state index is 11.0. The second-order valence-electron chi connectivity index (χ2n) is 4.49. The lowest BCUT2D eigenvalue weighted by Gasteiger charge is -2.28. The molecule has 1 saturated heterocycles. The number of para-hydroxylation sites is 1. The van der Waals surface area contributed by atoms with Crippen LogP contribution >= 0.6 is 0 Å². The molecule has 1 aliphatic heterocycles. The van der Waals surface area contributed by atoms with Crippen LogP contribution in [0.5, 0.6) is 5.75 Å². The maximum absolute atomic E-state index is 11.0. The molecule has 0 spiro atoms.